The van der Waals surface area contributed by atoms with Crippen molar-refractivity contribution in [3.05, 3.63) is 27.9 Å². The number of aromatic nitrogens is 1. The van der Waals surface area contributed by atoms with Gasteiger partial charge in [0.1, 0.15) is 17.6 Å². The molecular formula is C11H13N3O4S. The van der Waals surface area contributed by atoms with Crippen molar-refractivity contribution in [1.82, 2.24) is 4.98 Å². The third kappa shape index (κ3) is 2.78. The molecule has 1 saturated heterocycles. The third-order valence-electron chi connectivity index (χ3n) is 2.93. The largest absolute Gasteiger partial charge is 0.478 e. The van der Waals surface area contributed by atoms with Gasteiger partial charge in [0, 0.05) is 30.2 Å². The van der Waals surface area contributed by atoms with Crippen molar-refractivity contribution in [3.63, 3.8) is 0 Å². The van der Waals surface area contributed by atoms with Crippen LogP contribution in [0.3, 0.4) is 0 Å². The van der Waals surface area contributed by atoms with Gasteiger partial charge in [0.2, 0.25) is 0 Å². The minimum atomic E-state index is -1.20. The van der Waals surface area contributed by atoms with E-state index in [0.717, 1.165) is 23.8 Å². The van der Waals surface area contributed by atoms with Crippen LogP contribution in [0.25, 0.3) is 0 Å². The molecule has 0 saturated carbocycles. The number of anilines is 1. The van der Waals surface area contributed by atoms with Gasteiger partial charge < -0.3 is 10.0 Å². The third-order valence-corrected chi connectivity index (χ3v) is 4.12. The molecule has 19 heavy (non-hydrogen) atoms. The molecule has 0 radical (unpaired) electrons. The van der Waals surface area contributed by atoms with Crippen LogP contribution in [0.2, 0.25) is 0 Å². The van der Waals surface area contributed by atoms with E-state index in [9.17, 15) is 20.0 Å². The summed E-state index contributed by atoms with van der Waals surface area (Å²) >= 11 is 1.80. The number of carbonyl (C=O) groups is 1. The van der Waals surface area contributed by atoms with Gasteiger partial charge in [-0.25, -0.2) is 9.78 Å². The molecule has 102 valence electrons. The second kappa shape index (κ2) is 5.43. The molecule has 1 aliphatic heterocycles. The van der Waals surface area contributed by atoms with Gasteiger partial charge >= 0.3 is 5.97 Å². The molecule has 0 spiro atoms. The van der Waals surface area contributed by atoms with Crippen LogP contribution in [0.1, 0.15) is 17.3 Å². The number of hydrogen-bond donors (Lipinski definition) is 1. The topological polar surface area (TPSA) is 96.6 Å². The molecule has 1 aromatic rings. The first-order valence-electron chi connectivity index (χ1n) is 5.73. The lowest BCUT2D eigenvalue weighted by atomic mass is 10.2. The summed E-state index contributed by atoms with van der Waals surface area (Å²) in [6, 6.07) is 1.23. The summed E-state index contributed by atoms with van der Waals surface area (Å²) in [7, 11) is 0. The van der Waals surface area contributed by atoms with Gasteiger partial charge in [-0.05, 0) is 6.92 Å². The van der Waals surface area contributed by atoms with Crippen molar-refractivity contribution in [2.75, 3.05) is 23.0 Å². The second-order valence-corrected chi connectivity index (χ2v) is 5.39. The van der Waals surface area contributed by atoms with Gasteiger partial charge in [-0.1, -0.05) is 0 Å². The summed E-state index contributed by atoms with van der Waals surface area (Å²) in [6.07, 6.45) is 1.11. The van der Waals surface area contributed by atoms with E-state index in [4.69, 9.17) is 0 Å². The Labute approximate surface area is 113 Å². The minimum absolute atomic E-state index is 0.118. The highest BCUT2D eigenvalue weighted by molar-refractivity contribution is 7.99. The van der Waals surface area contributed by atoms with E-state index in [2.05, 4.69) is 4.98 Å². The maximum Gasteiger partial charge on any atom is 0.339 e. The lowest BCUT2D eigenvalue weighted by molar-refractivity contribution is -0.385. The first-order chi connectivity index (χ1) is 9.00. The molecule has 1 atom stereocenters. The van der Waals surface area contributed by atoms with E-state index >= 15 is 0 Å². The monoisotopic (exact) mass is 283 g/mol. The summed E-state index contributed by atoms with van der Waals surface area (Å²) in [5, 5.41) is 19.9. The predicted molar refractivity (Wildman–Crippen MR) is 72.0 cm³/mol. The van der Waals surface area contributed by atoms with Crippen LogP contribution in [-0.2, 0) is 0 Å². The first kappa shape index (κ1) is 13.6. The smallest absolute Gasteiger partial charge is 0.339 e. The molecule has 0 bridgehead atoms. The van der Waals surface area contributed by atoms with Crippen molar-refractivity contribution in [1.29, 1.82) is 0 Å². The Bertz CT molecular complexity index is 523. The number of rotatable bonds is 3. The van der Waals surface area contributed by atoms with E-state index in [1.807, 2.05) is 11.8 Å². The van der Waals surface area contributed by atoms with Crippen LogP contribution in [0, 0.1) is 10.1 Å². The van der Waals surface area contributed by atoms with E-state index in [1.54, 1.807) is 11.8 Å². The summed E-state index contributed by atoms with van der Waals surface area (Å²) in [5.41, 5.74) is -0.423. The Hall–Kier alpha value is -1.83. The zero-order valence-electron chi connectivity index (χ0n) is 10.3. The number of aromatic carboxylic acids is 1. The second-order valence-electron chi connectivity index (χ2n) is 4.24. The van der Waals surface area contributed by atoms with Crippen LogP contribution in [0.5, 0.6) is 0 Å². The molecule has 8 heteroatoms. The maximum absolute atomic E-state index is 11.3. The number of pyridine rings is 1. The molecule has 0 aromatic carbocycles. The Morgan fingerprint density at radius 1 is 1.68 bits per heavy atom. The average Bonchev–Trinajstić information content (AvgIpc) is 2.38. The van der Waals surface area contributed by atoms with Crippen LogP contribution in [0.4, 0.5) is 11.5 Å². The van der Waals surface area contributed by atoms with Crippen LogP contribution in [-0.4, -0.2) is 45.1 Å². The highest BCUT2D eigenvalue weighted by atomic mass is 32.2. The molecule has 1 aromatic heterocycles. The summed E-state index contributed by atoms with van der Waals surface area (Å²) < 4.78 is 0. The number of carboxylic acids is 1. The lowest BCUT2D eigenvalue weighted by Crippen LogP contribution is -2.41. The fourth-order valence-electron chi connectivity index (χ4n) is 1.97. The zero-order valence-corrected chi connectivity index (χ0v) is 11.1. The fraction of sp³-hybridized carbons (Fsp3) is 0.455. The van der Waals surface area contributed by atoms with Gasteiger partial charge in [-0.2, -0.15) is 11.8 Å². The van der Waals surface area contributed by atoms with Crippen molar-refractivity contribution in [3.8, 4) is 0 Å². The summed E-state index contributed by atoms with van der Waals surface area (Å²) in [4.78, 5) is 27.2. The summed E-state index contributed by atoms with van der Waals surface area (Å²) in [5.74, 6) is 0.891. The van der Waals surface area contributed by atoms with Crippen molar-refractivity contribution in [2.45, 2.75) is 13.0 Å². The van der Waals surface area contributed by atoms with Crippen LogP contribution < -0.4 is 4.90 Å². The lowest BCUT2D eigenvalue weighted by Gasteiger charge is -2.34. The maximum atomic E-state index is 11.3. The Morgan fingerprint density at radius 3 is 3.00 bits per heavy atom. The van der Waals surface area contributed by atoms with Gasteiger partial charge in [0.05, 0.1) is 4.92 Å². The van der Waals surface area contributed by atoms with Crippen LogP contribution >= 0.6 is 11.8 Å². The number of nitro groups is 1. The Balaban J connectivity index is 2.44. The van der Waals surface area contributed by atoms with Crippen LogP contribution in [0.15, 0.2) is 12.3 Å². The van der Waals surface area contributed by atoms with Gasteiger partial charge in [-0.15, -0.1) is 0 Å². The van der Waals surface area contributed by atoms with Crippen molar-refractivity contribution in [2.24, 2.45) is 0 Å². The molecule has 2 rings (SSSR count). The van der Waals surface area contributed by atoms with Gasteiger partial charge in [-0.3, -0.25) is 10.1 Å². The normalized spacial score (nSPS) is 19.2. The molecule has 1 fully saturated rings. The van der Waals surface area contributed by atoms with E-state index in [0.29, 0.717) is 12.4 Å². The molecule has 2 heterocycles. The molecule has 0 amide bonds. The summed E-state index contributed by atoms with van der Waals surface area (Å²) in [6.45, 7) is 2.68. The molecular weight excluding hydrogens is 270 g/mol. The number of nitrogens with zero attached hydrogens (tertiary/aromatic N) is 3. The number of thioether (sulfide) groups is 1. The average molecular weight is 283 g/mol. The van der Waals surface area contributed by atoms with E-state index in [-0.39, 0.29) is 17.3 Å². The highest BCUT2D eigenvalue weighted by Crippen LogP contribution is 2.27. The van der Waals surface area contributed by atoms with Gasteiger partial charge in [0.25, 0.3) is 5.69 Å². The predicted octanol–water partition coefficient (Wildman–Crippen LogP) is 1.63. The minimum Gasteiger partial charge on any atom is -0.478 e. The molecule has 1 aliphatic rings. The molecule has 1 N–H and O–H groups in total. The Kier molecular flexibility index (Phi) is 3.89. The molecule has 7 nitrogen and oxygen atoms in total. The standard InChI is InChI=1S/C11H13N3O4S/c1-7-6-19-3-2-13(7)10-9(11(15)16)4-8(5-12-10)14(17)18/h4-5,7H,2-3,6H2,1H3,(H,15,16). The first-order valence-corrected chi connectivity index (χ1v) is 6.88. The number of hydrogen-bond acceptors (Lipinski definition) is 6. The zero-order chi connectivity index (χ0) is 14.0. The van der Waals surface area contributed by atoms with Crippen molar-refractivity contribution >= 4 is 29.2 Å². The van der Waals surface area contributed by atoms with E-state index in [1.165, 1.54) is 0 Å². The fourth-order valence-corrected chi connectivity index (χ4v) is 2.99. The quantitative estimate of drug-likeness (QED) is 0.665. The van der Waals surface area contributed by atoms with Gasteiger partial charge in [0.15, 0.2) is 0 Å². The highest BCUT2D eigenvalue weighted by Gasteiger charge is 2.26. The SMILES string of the molecule is CC1CSCCN1c1ncc([N+](=O)[O-])cc1C(=O)O. The van der Waals surface area contributed by atoms with Crippen molar-refractivity contribution < 1.29 is 14.8 Å². The molecule has 1 unspecified atom stereocenters. The number of carboxylic acid groups (broad SMARTS) is 1. The molecule has 0 aliphatic carbocycles. The van der Waals surface area contributed by atoms with E-state index < -0.39 is 10.9 Å². The Morgan fingerprint density at radius 2 is 2.42 bits per heavy atom.